The minimum absolute atomic E-state index is 0.314. The summed E-state index contributed by atoms with van der Waals surface area (Å²) in [7, 11) is 1.67. The fourth-order valence-electron chi connectivity index (χ4n) is 1.27. The molecule has 0 atom stereocenters. The molecule has 0 aliphatic rings. The molecule has 17 heavy (non-hydrogen) atoms. The second kappa shape index (κ2) is 4.40. The van der Waals surface area contributed by atoms with Gasteiger partial charge in [-0.1, -0.05) is 0 Å². The lowest BCUT2D eigenvalue weighted by atomic mass is 10.4. The summed E-state index contributed by atoms with van der Waals surface area (Å²) in [6.07, 6.45) is -2.87. The Hall–Kier alpha value is -1.50. The third kappa shape index (κ3) is 2.79. The van der Waals surface area contributed by atoms with Crippen molar-refractivity contribution >= 4 is 16.5 Å². The van der Waals surface area contributed by atoms with Crippen LogP contribution in [0.1, 0.15) is 11.5 Å². The number of anilines is 1. The monoisotopic (exact) mass is 262 g/mol. The Balaban J connectivity index is 2.10. The second-order valence-electron chi connectivity index (χ2n) is 3.45. The van der Waals surface area contributed by atoms with Crippen LogP contribution in [0.15, 0.2) is 28.2 Å². The number of nitrogens with zero attached hydrogens (tertiary/aromatic N) is 2. The summed E-state index contributed by atoms with van der Waals surface area (Å²) < 4.78 is 42.2. The average molecular weight is 262 g/mol. The first-order valence-corrected chi connectivity index (χ1v) is 5.61. The summed E-state index contributed by atoms with van der Waals surface area (Å²) in [6.45, 7) is 0.387. The molecule has 0 aromatic carbocycles. The molecule has 0 radical (unpaired) electrons. The van der Waals surface area contributed by atoms with E-state index in [2.05, 4.69) is 4.98 Å². The molecule has 7 heteroatoms. The largest absolute Gasteiger partial charge is 0.467 e. The van der Waals surface area contributed by atoms with Crippen LogP contribution in [0.25, 0.3) is 0 Å². The molecule has 0 aliphatic heterocycles. The van der Waals surface area contributed by atoms with E-state index >= 15 is 0 Å². The van der Waals surface area contributed by atoms with Crippen LogP contribution in [-0.2, 0) is 12.7 Å². The Kier molecular flexibility index (Phi) is 3.10. The maximum atomic E-state index is 12.3. The van der Waals surface area contributed by atoms with E-state index in [0.717, 1.165) is 16.7 Å². The molecule has 0 spiro atoms. The third-order valence-electron chi connectivity index (χ3n) is 2.08. The molecule has 3 nitrogen and oxygen atoms in total. The highest BCUT2D eigenvalue weighted by Gasteiger charge is 2.34. The van der Waals surface area contributed by atoms with Crippen molar-refractivity contribution in [2.45, 2.75) is 12.7 Å². The van der Waals surface area contributed by atoms with Gasteiger partial charge in [0.15, 0.2) is 10.8 Å². The molecule has 0 fully saturated rings. The molecule has 2 heterocycles. The summed E-state index contributed by atoms with van der Waals surface area (Å²) in [4.78, 5) is 5.15. The van der Waals surface area contributed by atoms with Crippen molar-refractivity contribution in [3.8, 4) is 0 Å². The van der Waals surface area contributed by atoms with Gasteiger partial charge in [0.1, 0.15) is 5.76 Å². The number of rotatable bonds is 3. The van der Waals surface area contributed by atoms with Gasteiger partial charge in [0.25, 0.3) is 0 Å². The molecule has 0 bridgehead atoms. The molecule has 0 saturated heterocycles. The molecule has 2 rings (SSSR count). The van der Waals surface area contributed by atoms with E-state index in [0.29, 0.717) is 17.4 Å². The van der Waals surface area contributed by atoms with Crippen LogP contribution in [0.5, 0.6) is 0 Å². The van der Waals surface area contributed by atoms with Crippen LogP contribution in [0.2, 0.25) is 0 Å². The summed E-state index contributed by atoms with van der Waals surface area (Å²) in [5, 5.41) is 1.32. The normalized spacial score (nSPS) is 11.8. The Morgan fingerprint density at radius 2 is 2.24 bits per heavy atom. The van der Waals surface area contributed by atoms with Crippen LogP contribution < -0.4 is 4.90 Å². The SMILES string of the molecule is CN(Cc1ccco1)c1nc(C(F)(F)F)cs1. The lowest BCUT2D eigenvalue weighted by Gasteiger charge is -2.13. The molecule has 0 N–H and O–H groups in total. The number of furan rings is 1. The highest BCUT2D eigenvalue weighted by molar-refractivity contribution is 7.13. The van der Waals surface area contributed by atoms with E-state index in [1.807, 2.05) is 0 Å². The zero-order chi connectivity index (χ0) is 12.5. The first kappa shape index (κ1) is 12.0. The predicted octanol–water partition coefficient (Wildman–Crippen LogP) is 3.39. The molecule has 2 aromatic rings. The zero-order valence-electron chi connectivity index (χ0n) is 8.86. The molecular weight excluding hydrogens is 253 g/mol. The Labute approximate surface area is 99.5 Å². The van der Waals surface area contributed by atoms with Crippen LogP contribution >= 0.6 is 11.3 Å². The summed E-state index contributed by atoms with van der Waals surface area (Å²) in [5.41, 5.74) is -0.858. The van der Waals surface area contributed by atoms with Crippen molar-refractivity contribution < 1.29 is 17.6 Å². The number of hydrogen-bond donors (Lipinski definition) is 0. The quantitative estimate of drug-likeness (QED) is 0.849. The van der Waals surface area contributed by atoms with Crippen LogP contribution in [0.3, 0.4) is 0 Å². The van der Waals surface area contributed by atoms with Crippen LogP contribution in [-0.4, -0.2) is 12.0 Å². The lowest BCUT2D eigenvalue weighted by Crippen LogP contribution is -2.16. The lowest BCUT2D eigenvalue weighted by molar-refractivity contribution is -0.140. The van der Waals surface area contributed by atoms with Gasteiger partial charge in [-0.3, -0.25) is 0 Å². The van der Waals surface area contributed by atoms with Gasteiger partial charge in [-0.2, -0.15) is 13.2 Å². The van der Waals surface area contributed by atoms with E-state index < -0.39 is 11.9 Å². The molecule has 0 aliphatic carbocycles. The number of halogens is 3. The topological polar surface area (TPSA) is 29.3 Å². The van der Waals surface area contributed by atoms with Crippen molar-refractivity contribution in [1.82, 2.24) is 4.98 Å². The predicted molar refractivity (Wildman–Crippen MR) is 57.9 cm³/mol. The van der Waals surface area contributed by atoms with Crippen molar-refractivity contribution in [2.75, 3.05) is 11.9 Å². The van der Waals surface area contributed by atoms with E-state index in [4.69, 9.17) is 4.42 Å². The van der Waals surface area contributed by atoms with Crippen molar-refractivity contribution in [3.05, 3.63) is 35.2 Å². The van der Waals surface area contributed by atoms with Crippen molar-refractivity contribution in [1.29, 1.82) is 0 Å². The summed E-state index contributed by atoms with van der Waals surface area (Å²) in [5.74, 6) is 0.677. The van der Waals surface area contributed by atoms with Gasteiger partial charge in [-0.05, 0) is 12.1 Å². The maximum Gasteiger partial charge on any atom is 0.434 e. The molecule has 0 amide bonds. The van der Waals surface area contributed by atoms with E-state index in [-0.39, 0.29) is 0 Å². The van der Waals surface area contributed by atoms with Gasteiger partial charge in [0.05, 0.1) is 12.8 Å². The second-order valence-corrected chi connectivity index (χ2v) is 4.29. The van der Waals surface area contributed by atoms with Gasteiger partial charge in [-0.25, -0.2) is 4.98 Å². The Morgan fingerprint density at radius 3 is 2.76 bits per heavy atom. The number of hydrogen-bond acceptors (Lipinski definition) is 4. The van der Waals surface area contributed by atoms with Crippen LogP contribution in [0.4, 0.5) is 18.3 Å². The first-order valence-electron chi connectivity index (χ1n) is 4.73. The van der Waals surface area contributed by atoms with Crippen molar-refractivity contribution in [2.24, 2.45) is 0 Å². The van der Waals surface area contributed by atoms with Gasteiger partial charge in [-0.15, -0.1) is 11.3 Å². The maximum absolute atomic E-state index is 12.3. The highest BCUT2D eigenvalue weighted by Crippen LogP contribution is 2.32. The fourth-order valence-corrected chi connectivity index (χ4v) is 2.07. The molecule has 0 unspecified atom stereocenters. The number of alkyl halides is 3. The highest BCUT2D eigenvalue weighted by atomic mass is 32.1. The smallest absolute Gasteiger partial charge is 0.434 e. The van der Waals surface area contributed by atoms with Gasteiger partial charge in [0.2, 0.25) is 0 Å². The van der Waals surface area contributed by atoms with Gasteiger partial charge < -0.3 is 9.32 Å². The molecule has 92 valence electrons. The minimum Gasteiger partial charge on any atom is -0.467 e. The van der Waals surface area contributed by atoms with Crippen molar-refractivity contribution in [3.63, 3.8) is 0 Å². The zero-order valence-corrected chi connectivity index (χ0v) is 9.68. The molecule has 0 saturated carbocycles. The van der Waals surface area contributed by atoms with E-state index in [1.54, 1.807) is 24.1 Å². The van der Waals surface area contributed by atoms with E-state index in [1.165, 1.54) is 6.26 Å². The molecular formula is C10H9F3N2OS. The van der Waals surface area contributed by atoms with Gasteiger partial charge in [0, 0.05) is 12.4 Å². The summed E-state index contributed by atoms with van der Waals surface area (Å²) in [6, 6.07) is 3.49. The fraction of sp³-hybridized carbons (Fsp3) is 0.300. The average Bonchev–Trinajstić information content (AvgIpc) is 2.85. The Bertz CT molecular complexity index is 478. The Morgan fingerprint density at radius 1 is 1.47 bits per heavy atom. The summed E-state index contributed by atoms with van der Waals surface area (Å²) >= 11 is 0.960. The molecule has 2 aromatic heterocycles. The third-order valence-corrected chi connectivity index (χ3v) is 3.04. The number of aromatic nitrogens is 1. The van der Waals surface area contributed by atoms with Gasteiger partial charge >= 0.3 is 6.18 Å². The van der Waals surface area contributed by atoms with Crippen LogP contribution in [0, 0.1) is 0 Å². The standard InChI is InChI=1S/C10H9F3N2OS/c1-15(5-7-3-2-4-16-7)9-14-8(6-17-9)10(11,12)13/h2-4,6H,5H2,1H3. The first-order chi connectivity index (χ1) is 7.97. The number of thiazole rings is 1. The van der Waals surface area contributed by atoms with E-state index in [9.17, 15) is 13.2 Å². The minimum atomic E-state index is -4.39.